The molecule has 0 aliphatic rings. The van der Waals surface area contributed by atoms with Crippen molar-refractivity contribution >= 4 is 17.9 Å². The molecule has 26 heavy (non-hydrogen) atoms. The second-order valence-corrected chi connectivity index (χ2v) is 6.33. The Morgan fingerprint density at radius 1 is 1.08 bits per heavy atom. The molecule has 0 heterocycles. The molecular weight excluding hydrogens is 326 g/mol. The lowest BCUT2D eigenvalue weighted by Gasteiger charge is -2.09. The van der Waals surface area contributed by atoms with Crippen molar-refractivity contribution in [2.24, 2.45) is 10.9 Å². The smallest absolute Gasteiger partial charge is 0.338 e. The van der Waals surface area contributed by atoms with Crippen molar-refractivity contribution in [3.05, 3.63) is 59.7 Å². The molecule has 0 N–H and O–H groups in total. The van der Waals surface area contributed by atoms with Crippen LogP contribution in [0, 0.1) is 5.92 Å². The second-order valence-electron chi connectivity index (χ2n) is 6.33. The van der Waals surface area contributed by atoms with E-state index >= 15 is 0 Å². The standard InChI is InChI=1S/C22H27NO3/c1-4-14-25-21-12-10-20(11-13-21)23-15-18-6-8-19(9-7-18)22(24)26-16-17(3)5-2/h6-13,15,17H,4-5,14,16H2,1-3H3. The molecular formula is C22H27NO3. The third-order valence-electron chi connectivity index (χ3n) is 4.01. The molecule has 4 heteroatoms. The maximum absolute atomic E-state index is 12.0. The van der Waals surface area contributed by atoms with Crippen LogP contribution in [0.3, 0.4) is 0 Å². The largest absolute Gasteiger partial charge is 0.494 e. The van der Waals surface area contributed by atoms with Gasteiger partial charge in [0.25, 0.3) is 0 Å². The summed E-state index contributed by atoms with van der Waals surface area (Å²) in [6, 6.07) is 14.9. The van der Waals surface area contributed by atoms with Crippen LogP contribution in [0.5, 0.6) is 5.75 Å². The molecule has 2 aromatic carbocycles. The van der Waals surface area contributed by atoms with Crippen molar-refractivity contribution in [1.29, 1.82) is 0 Å². The van der Waals surface area contributed by atoms with Crippen LogP contribution >= 0.6 is 0 Å². The average Bonchev–Trinajstić information content (AvgIpc) is 2.69. The summed E-state index contributed by atoms with van der Waals surface area (Å²) in [6.07, 6.45) is 3.76. The summed E-state index contributed by atoms with van der Waals surface area (Å²) in [6.45, 7) is 7.40. The molecule has 0 bridgehead atoms. The zero-order valence-electron chi connectivity index (χ0n) is 15.8. The van der Waals surface area contributed by atoms with Crippen molar-refractivity contribution in [1.82, 2.24) is 0 Å². The lowest BCUT2D eigenvalue weighted by atomic mass is 10.1. The van der Waals surface area contributed by atoms with Crippen LogP contribution in [-0.4, -0.2) is 25.4 Å². The van der Waals surface area contributed by atoms with E-state index < -0.39 is 0 Å². The van der Waals surface area contributed by atoms with Crippen LogP contribution in [0.4, 0.5) is 5.69 Å². The Morgan fingerprint density at radius 2 is 1.77 bits per heavy atom. The molecule has 0 aliphatic carbocycles. The van der Waals surface area contributed by atoms with Gasteiger partial charge in [-0.1, -0.05) is 39.3 Å². The zero-order chi connectivity index (χ0) is 18.8. The monoisotopic (exact) mass is 353 g/mol. The first kappa shape index (κ1) is 19.7. The number of rotatable bonds is 9. The molecule has 0 saturated heterocycles. The van der Waals surface area contributed by atoms with Crippen LogP contribution in [-0.2, 0) is 4.74 Å². The summed E-state index contributed by atoms with van der Waals surface area (Å²) in [5.74, 6) is 0.951. The number of hydrogen-bond donors (Lipinski definition) is 0. The third kappa shape index (κ3) is 6.36. The first-order valence-corrected chi connectivity index (χ1v) is 9.16. The molecule has 0 saturated carbocycles. The summed E-state index contributed by atoms with van der Waals surface area (Å²) in [4.78, 5) is 16.4. The predicted molar refractivity (Wildman–Crippen MR) is 106 cm³/mol. The summed E-state index contributed by atoms with van der Waals surface area (Å²) in [5.41, 5.74) is 2.34. The SMILES string of the molecule is CCCOc1ccc(N=Cc2ccc(C(=O)OCC(C)CC)cc2)cc1. The van der Waals surface area contributed by atoms with E-state index in [2.05, 4.69) is 25.8 Å². The normalized spacial score (nSPS) is 12.1. The number of aliphatic imine (C=N–C) groups is 1. The van der Waals surface area contributed by atoms with Crippen LogP contribution in [0.1, 0.15) is 49.5 Å². The van der Waals surface area contributed by atoms with Gasteiger partial charge in [0, 0.05) is 6.21 Å². The van der Waals surface area contributed by atoms with Crippen LogP contribution in [0.25, 0.3) is 0 Å². The highest BCUT2D eigenvalue weighted by atomic mass is 16.5. The van der Waals surface area contributed by atoms with Gasteiger partial charge in [0.15, 0.2) is 0 Å². The highest BCUT2D eigenvalue weighted by molar-refractivity contribution is 5.91. The van der Waals surface area contributed by atoms with Gasteiger partial charge in [-0.3, -0.25) is 4.99 Å². The van der Waals surface area contributed by atoms with Crippen molar-refractivity contribution in [2.45, 2.75) is 33.6 Å². The van der Waals surface area contributed by atoms with Gasteiger partial charge in [0.2, 0.25) is 0 Å². The molecule has 4 nitrogen and oxygen atoms in total. The number of nitrogens with zero attached hydrogens (tertiary/aromatic N) is 1. The second kappa shape index (κ2) is 10.4. The van der Waals surface area contributed by atoms with Crippen LogP contribution in [0.15, 0.2) is 53.5 Å². The first-order valence-electron chi connectivity index (χ1n) is 9.16. The highest BCUT2D eigenvalue weighted by Gasteiger charge is 2.08. The average molecular weight is 353 g/mol. The van der Waals surface area contributed by atoms with Gasteiger partial charge in [-0.25, -0.2) is 4.79 Å². The van der Waals surface area contributed by atoms with E-state index in [0.29, 0.717) is 18.1 Å². The fourth-order valence-electron chi connectivity index (χ4n) is 2.12. The predicted octanol–water partition coefficient (Wildman–Crippen LogP) is 5.43. The first-order chi connectivity index (χ1) is 12.6. The lowest BCUT2D eigenvalue weighted by Crippen LogP contribution is -2.11. The third-order valence-corrected chi connectivity index (χ3v) is 4.01. The van der Waals surface area contributed by atoms with E-state index in [4.69, 9.17) is 9.47 Å². The molecule has 0 amide bonds. The van der Waals surface area contributed by atoms with Crippen LogP contribution < -0.4 is 4.74 Å². The van der Waals surface area contributed by atoms with Crippen molar-refractivity contribution in [3.63, 3.8) is 0 Å². The minimum atomic E-state index is -0.281. The topological polar surface area (TPSA) is 47.9 Å². The number of hydrogen-bond acceptors (Lipinski definition) is 4. The lowest BCUT2D eigenvalue weighted by molar-refractivity contribution is 0.0447. The van der Waals surface area contributed by atoms with E-state index in [1.165, 1.54) is 0 Å². The fourth-order valence-corrected chi connectivity index (χ4v) is 2.12. The maximum Gasteiger partial charge on any atom is 0.338 e. The van der Waals surface area contributed by atoms with Crippen LogP contribution in [0.2, 0.25) is 0 Å². The molecule has 138 valence electrons. The van der Waals surface area contributed by atoms with Gasteiger partial charge in [-0.05, 0) is 54.3 Å². The van der Waals surface area contributed by atoms with E-state index in [1.54, 1.807) is 18.3 Å². The van der Waals surface area contributed by atoms with E-state index in [1.807, 2.05) is 36.4 Å². The van der Waals surface area contributed by atoms with Crippen molar-refractivity contribution in [3.8, 4) is 5.75 Å². The molecule has 1 unspecified atom stereocenters. The molecule has 2 rings (SSSR count). The fraction of sp³-hybridized carbons (Fsp3) is 0.364. The van der Waals surface area contributed by atoms with E-state index in [9.17, 15) is 4.79 Å². The molecule has 0 radical (unpaired) electrons. The van der Waals surface area contributed by atoms with E-state index in [-0.39, 0.29) is 5.97 Å². The Balaban J connectivity index is 1.91. The summed E-state index contributed by atoms with van der Waals surface area (Å²) in [5, 5.41) is 0. The summed E-state index contributed by atoms with van der Waals surface area (Å²) < 4.78 is 10.9. The van der Waals surface area contributed by atoms with Gasteiger partial charge in [0.05, 0.1) is 24.5 Å². The number of carbonyl (C=O) groups is 1. The van der Waals surface area contributed by atoms with Gasteiger partial charge in [-0.2, -0.15) is 0 Å². The minimum absolute atomic E-state index is 0.281. The van der Waals surface area contributed by atoms with Gasteiger partial charge >= 0.3 is 5.97 Å². The van der Waals surface area contributed by atoms with Gasteiger partial charge in [0.1, 0.15) is 5.75 Å². The van der Waals surface area contributed by atoms with E-state index in [0.717, 1.165) is 36.4 Å². The van der Waals surface area contributed by atoms with Crippen molar-refractivity contribution < 1.29 is 14.3 Å². The quantitative estimate of drug-likeness (QED) is 0.446. The Hall–Kier alpha value is -2.62. The molecule has 1 atom stereocenters. The molecule has 0 fully saturated rings. The Morgan fingerprint density at radius 3 is 2.38 bits per heavy atom. The highest BCUT2D eigenvalue weighted by Crippen LogP contribution is 2.18. The van der Waals surface area contributed by atoms with Gasteiger partial charge < -0.3 is 9.47 Å². The summed E-state index contributed by atoms with van der Waals surface area (Å²) in [7, 11) is 0. The molecule has 2 aromatic rings. The minimum Gasteiger partial charge on any atom is -0.494 e. The number of benzene rings is 2. The number of carbonyl (C=O) groups excluding carboxylic acids is 1. The zero-order valence-corrected chi connectivity index (χ0v) is 15.8. The Labute approximate surface area is 155 Å². The Bertz CT molecular complexity index is 705. The number of ether oxygens (including phenoxy) is 2. The molecule has 0 aliphatic heterocycles. The van der Waals surface area contributed by atoms with Crippen molar-refractivity contribution in [2.75, 3.05) is 13.2 Å². The van der Waals surface area contributed by atoms with Gasteiger partial charge in [-0.15, -0.1) is 0 Å². The molecule has 0 spiro atoms. The summed E-state index contributed by atoms with van der Waals surface area (Å²) >= 11 is 0. The Kier molecular flexibility index (Phi) is 7.87. The number of esters is 1. The molecule has 0 aromatic heterocycles. The maximum atomic E-state index is 12.0.